The summed E-state index contributed by atoms with van der Waals surface area (Å²) in [4.78, 5) is 16.2. The van der Waals surface area contributed by atoms with Crippen molar-refractivity contribution >= 4 is 75.1 Å². The normalized spacial score (nSPS) is 11.9. The first-order valence-electron chi connectivity index (χ1n) is 19.1. The first-order chi connectivity index (χ1) is 28.3. The Balaban J connectivity index is 1.18. The van der Waals surface area contributed by atoms with Gasteiger partial charge in [-0.3, -0.25) is 9.13 Å². The van der Waals surface area contributed by atoms with Gasteiger partial charge in [-0.25, -0.2) is 0 Å². The predicted molar refractivity (Wildman–Crippen MR) is 238 cm³/mol. The molecule has 0 unspecified atom stereocenters. The molecule has 0 saturated heterocycles. The molecule has 266 valence electrons. The molecule has 0 atom stereocenters. The van der Waals surface area contributed by atoms with Gasteiger partial charge in [-0.1, -0.05) is 164 Å². The van der Waals surface area contributed by atoms with E-state index in [1.54, 1.807) is 0 Å². The van der Waals surface area contributed by atoms with Crippen LogP contribution in [0.1, 0.15) is 0 Å². The van der Waals surface area contributed by atoms with Gasteiger partial charge < -0.3 is 0 Å². The standard InChI is InChI=1S/C51H31N5S/c1-3-13-32(14-4-1)34-23-25-35(26-24-34)49-52-50(55-43-20-10-7-17-37(43)39-28-27-36(31-45(39)55)33-15-5-2-6-16-33)54-51(53-49)56-44-21-11-8-18-38(44)41-29-30-42-40-19-9-12-22-46(40)57-48(42)47(41)56/h1-31H. The summed E-state index contributed by atoms with van der Waals surface area (Å²) in [7, 11) is 0. The number of para-hydroxylation sites is 2. The summed E-state index contributed by atoms with van der Waals surface area (Å²) in [6.45, 7) is 0. The first-order valence-corrected chi connectivity index (χ1v) is 19.9. The van der Waals surface area contributed by atoms with E-state index in [0.717, 1.165) is 60.5 Å². The van der Waals surface area contributed by atoms with Crippen molar-refractivity contribution in [3.05, 3.63) is 188 Å². The van der Waals surface area contributed by atoms with Gasteiger partial charge in [0.05, 0.1) is 26.8 Å². The molecule has 0 amide bonds. The summed E-state index contributed by atoms with van der Waals surface area (Å²) in [5, 5.41) is 7.11. The van der Waals surface area contributed by atoms with Crippen LogP contribution >= 0.6 is 11.3 Å². The second-order valence-electron chi connectivity index (χ2n) is 14.4. The number of thiophene rings is 1. The molecule has 0 spiro atoms. The number of fused-ring (bicyclic) bond motifs is 10. The lowest BCUT2D eigenvalue weighted by molar-refractivity contribution is 0.894. The van der Waals surface area contributed by atoms with Gasteiger partial charge in [0.2, 0.25) is 11.9 Å². The van der Waals surface area contributed by atoms with Crippen LogP contribution in [-0.4, -0.2) is 24.1 Å². The van der Waals surface area contributed by atoms with E-state index in [0.29, 0.717) is 17.7 Å². The molecule has 0 bridgehead atoms. The Morgan fingerprint density at radius 2 is 0.825 bits per heavy atom. The summed E-state index contributed by atoms with van der Waals surface area (Å²) in [5.41, 5.74) is 9.73. The number of hydrogen-bond acceptors (Lipinski definition) is 4. The Bertz CT molecular complexity index is 3510. The largest absolute Gasteiger partial charge is 0.278 e. The minimum Gasteiger partial charge on any atom is -0.278 e. The van der Waals surface area contributed by atoms with E-state index < -0.39 is 0 Å². The average molecular weight is 746 g/mol. The summed E-state index contributed by atoms with van der Waals surface area (Å²) < 4.78 is 6.95. The first kappa shape index (κ1) is 31.9. The molecular formula is C51H31N5S. The van der Waals surface area contributed by atoms with Crippen LogP contribution < -0.4 is 0 Å². The highest BCUT2D eigenvalue weighted by Crippen LogP contribution is 2.43. The fourth-order valence-electron chi connectivity index (χ4n) is 8.56. The summed E-state index contributed by atoms with van der Waals surface area (Å²) in [6.07, 6.45) is 0. The smallest absolute Gasteiger partial charge is 0.240 e. The van der Waals surface area contributed by atoms with E-state index >= 15 is 0 Å². The molecule has 0 aliphatic heterocycles. The van der Waals surface area contributed by atoms with Gasteiger partial charge in [0.25, 0.3) is 0 Å². The van der Waals surface area contributed by atoms with E-state index in [1.807, 2.05) is 17.4 Å². The van der Waals surface area contributed by atoms with Crippen LogP contribution in [0.3, 0.4) is 0 Å². The van der Waals surface area contributed by atoms with Crippen LogP contribution in [0.5, 0.6) is 0 Å². The number of rotatable bonds is 5. The molecule has 0 N–H and O–H groups in total. The Hall–Kier alpha value is -7.41. The van der Waals surface area contributed by atoms with Crippen LogP contribution in [0.2, 0.25) is 0 Å². The molecule has 4 aromatic heterocycles. The minimum absolute atomic E-state index is 0.563. The van der Waals surface area contributed by atoms with Crippen molar-refractivity contribution in [3.8, 4) is 45.5 Å². The van der Waals surface area contributed by atoms with E-state index in [2.05, 4.69) is 191 Å². The lowest BCUT2D eigenvalue weighted by atomic mass is 10.0. The Morgan fingerprint density at radius 3 is 1.56 bits per heavy atom. The van der Waals surface area contributed by atoms with Crippen LogP contribution in [0, 0.1) is 0 Å². The molecule has 12 rings (SSSR count). The number of nitrogens with zero attached hydrogens (tertiary/aromatic N) is 5. The fraction of sp³-hybridized carbons (Fsp3) is 0. The zero-order valence-electron chi connectivity index (χ0n) is 30.5. The monoisotopic (exact) mass is 745 g/mol. The molecule has 0 radical (unpaired) electrons. The molecule has 0 saturated carbocycles. The molecule has 0 aliphatic rings. The van der Waals surface area contributed by atoms with Crippen molar-refractivity contribution in [2.24, 2.45) is 0 Å². The third-order valence-electron chi connectivity index (χ3n) is 11.2. The molecule has 0 aliphatic carbocycles. The second kappa shape index (κ2) is 12.6. The molecule has 57 heavy (non-hydrogen) atoms. The van der Waals surface area contributed by atoms with Crippen LogP contribution in [0.15, 0.2) is 188 Å². The Labute approximate surface area is 331 Å². The maximum absolute atomic E-state index is 5.48. The molecular weight excluding hydrogens is 715 g/mol. The van der Waals surface area contributed by atoms with Gasteiger partial charge in [-0.2, -0.15) is 15.0 Å². The molecule has 8 aromatic carbocycles. The van der Waals surface area contributed by atoms with Crippen molar-refractivity contribution in [2.75, 3.05) is 0 Å². The van der Waals surface area contributed by atoms with E-state index in [4.69, 9.17) is 15.0 Å². The predicted octanol–water partition coefficient (Wildman–Crippen LogP) is 13.4. The summed E-state index contributed by atoms with van der Waals surface area (Å²) in [6, 6.07) is 66.6. The van der Waals surface area contributed by atoms with Crippen LogP contribution in [0.25, 0.3) is 109 Å². The van der Waals surface area contributed by atoms with Gasteiger partial charge in [0.1, 0.15) is 0 Å². The van der Waals surface area contributed by atoms with E-state index in [-0.39, 0.29) is 0 Å². The van der Waals surface area contributed by atoms with E-state index in [1.165, 1.54) is 31.1 Å². The number of hydrogen-bond donors (Lipinski definition) is 0. The van der Waals surface area contributed by atoms with Crippen LogP contribution in [-0.2, 0) is 0 Å². The van der Waals surface area contributed by atoms with Crippen molar-refractivity contribution in [3.63, 3.8) is 0 Å². The topological polar surface area (TPSA) is 48.5 Å². The van der Waals surface area contributed by atoms with Gasteiger partial charge in [-0.15, -0.1) is 11.3 Å². The highest BCUT2D eigenvalue weighted by molar-refractivity contribution is 7.26. The van der Waals surface area contributed by atoms with Gasteiger partial charge >= 0.3 is 0 Å². The van der Waals surface area contributed by atoms with Gasteiger partial charge in [0.15, 0.2) is 5.82 Å². The maximum Gasteiger partial charge on any atom is 0.240 e. The maximum atomic E-state index is 5.48. The number of aromatic nitrogens is 5. The number of benzene rings is 8. The zero-order valence-corrected chi connectivity index (χ0v) is 31.4. The summed E-state index contributed by atoms with van der Waals surface area (Å²) in [5.74, 6) is 1.74. The van der Waals surface area contributed by atoms with Crippen molar-refractivity contribution < 1.29 is 0 Å². The molecule has 5 nitrogen and oxygen atoms in total. The lowest BCUT2D eigenvalue weighted by Gasteiger charge is -2.13. The third-order valence-corrected chi connectivity index (χ3v) is 12.4. The SMILES string of the molecule is c1ccc(-c2ccc(-c3nc(-n4c5ccccc5c5ccc(-c6ccccc6)cc54)nc(-n4c5ccccc5c5ccc6c7ccccc7sc6c54)n3)cc2)cc1. The van der Waals surface area contributed by atoms with Crippen molar-refractivity contribution in [1.29, 1.82) is 0 Å². The molecule has 12 aromatic rings. The van der Waals surface area contributed by atoms with Crippen LogP contribution in [0.4, 0.5) is 0 Å². The zero-order chi connectivity index (χ0) is 37.5. The van der Waals surface area contributed by atoms with Gasteiger partial charge in [-0.05, 0) is 46.5 Å². The fourth-order valence-corrected chi connectivity index (χ4v) is 9.80. The Morgan fingerprint density at radius 1 is 0.333 bits per heavy atom. The van der Waals surface area contributed by atoms with Gasteiger partial charge in [0, 0.05) is 42.6 Å². The highest BCUT2D eigenvalue weighted by atomic mass is 32.1. The molecule has 4 heterocycles. The molecule has 6 heteroatoms. The minimum atomic E-state index is 0.563. The second-order valence-corrected chi connectivity index (χ2v) is 15.5. The van der Waals surface area contributed by atoms with E-state index in [9.17, 15) is 0 Å². The molecule has 0 fully saturated rings. The Kier molecular flexibility index (Phi) is 7.03. The van der Waals surface area contributed by atoms with Crippen molar-refractivity contribution in [1.82, 2.24) is 24.1 Å². The average Bonchev–Trinajstić information content (AvgIpc) is 3.94. The van der Waals surface area contributed by atoms with Crippen molar-refractivity contribution in [2.45, 2.75) is 0 Å². The quantitative estimate of drug-likeness (QED) is 0.176. The highest BCUT2D eigenvalue weighted by Gasteiger charge is 2.23. The third kappa shape index (κ3) is 4.98. The lowest BCUT2D eigenvalue weighted by Crippen LogP contribution is -2.10. The summed E-state index contributed by atoms with van der Waals surface area (Å²) >= 11 is 1.82.